The Labute approximate surface area is 115 Å². The largest absolute Gasteiger partial charge is 0.496 e. The van der Waals surface area contributed by atoms with Crippen LogP contribution in [0.25, 0.3) is 11.3 Å². The van der Waals surface area contributed by atoms with Crippen LogP contribution in [0.15, 0.2) is 16.9 Å². The molecule has 1 aromatic heterocycles. The predicted molar refractivity (Wildman–Crippen MR) is 75.6 cm³/mol. The van der Waals surface area contributed by atoms with E-state index in [1.54, 1.807) is 7.11 Å². The van der Waals surface area contributed by atoms with E-state index in [9.17, 15) is 0 Å². The van der Waals surface area contributed by atoms with Crippen molar-refractivity contribution >= 4 is 15.9 Å². The number of methoxy groups -OCH3 is 1. The lowest BCUT2D eigenvalue weighted by Gasteiger charge is -2.11. The number of rotatable bonds is 3. The summed E-state index contributed by atoms with van der Waals surface area (Å²) in [6.07, 6.45) is 0. The summed E-state index contributed by atoms with van der Waals surface area (Å²) in [4.78, 5) is 7.54. The van der Waals surface area contributed by atoms with Crippen molar-refractivity contribution in [1.82, 2.24) is 9.97 Å². The number of halogens is 1. The molecule has 0 fully saturated rings. The summed E-state index contributed by atoms with van der Waals surface area (Å²) in [7, 11) is 1.66. The zero-order chi connectivity index (χ0) is 13.3. The molecule has 0 saturated heterocycles. The van der Waals surface area contributed by atoms with E-state index in [1.807, 2.05) is 6.07 Å². The van der Waals surface area contributed by atoms with Crippen LogP contribution in [0.2, 0.25) is 0 Å². The van der Waals surface area contributed by atoms with E-state index in [0.717, 1.165) is 22.7 Å². The summed E-state index contributed by atoms with van der Waals surface area (Å²) in [6.45, 7) is 4.54. The second kappa shape index (κ2) is 5.12. The Kier molecular flexibility index (Phi) is 3.73. The molecule has 0 unspecified atom stereocenters. The second-order valence-electron chi connectivity index (χ2n) is 4.20. The molecule has 0 amide bonds. The summed E-state index contributed by atoms with van der Waals surface area (Å²) in [5.74, 6) is 0.812. The minimum absolute atomic E-state index is 0.407. The van der Waals surface area contributed by atoms with Gasteiger partial charge < -0.3 is 15.5 Å². The van der Waals surface area contributed by atoms with Crippen molar-refractivity contribution in [3.05, 3.63) is 33.7 Å². The lowest BCUT2D eigenvalue weighted by atomic mass is 10.0. The number of aromatic amines is 1. The SMILES string of the molecule is COc1cc(C)c(C)cc1-c1nc(Br)[nH]c1CN. The van der Waals surface area contributed by atoms with Gasteiger partial charge in [-0.3, -0.25) is 0 Å². The zero-order valence-electron chi connectivity index (χ0n) is 10.7. The Morgan fingerprint density at radius 3 is 2.61 bits per heavy atom. The van der Waals surface area contributed by atoms with Gasteiger partial charge in [0.05, 0.1) is 18.5 Å². The Morgan fingerprint density at radius 1 is 1.33 bits per heavy atom. The van der Waals surface area contributed by atoms with Gasteiger partial charge >= 0.3 is 0 Å². The van der Waals surface area contributed by atoms with Crippen molar-refractivity contribution in [3.63, 3.8) is 0 Å². The molecular formula is C13H16BrN3O. The highest BCUT2D eigenvalue weighted by atomic mass is 79.9. The van der Waals surface area contributed by atoms with E-state index < -0.39 is 0 Å². The molecule has 4 nitrogen and oxygen atoms in total. The molecule has 0 radical (unpaired) electrons. The molecule has 18 heavy (non-hydrogen) atoms. The molecule has 0 bridgehead atoms. The fraction of sp³-hybridized carbons (Fsp3) is 0.308. The van der Waals surface area contributed by atoms with Gasteiger partial charge in [0.15, 0.2) is 4.73 Å². The Bertz CT molecular complexity index is 578. The lowest BCUT2D eigenvalue weighted by Crippen LogP contribution is -2.00. The standard InChI is InChI=1S/C13H16BrN3O/c1-7-4-9(11(18-3)5-8(7)2)12-10(6-15)16-13(14)17-12/h4-5H,6,15H2,1-3H3,(H,16,17). The van der Waals surface area contributed by atoms with Crippen molar-refractivity contribution < 1.29 is 4.74 Å². The van der Waals surface area contributed by atoms with Gasteiger partial charge in [0.1, 0.15) is 5.75 Å². The third kappa shape index (κ3) is 2.28. The molecule has 2 aromatic rings. The number of nitrogens with two attached hydrogens (primary N) is 1. The van der Waals surface area contributed by atoms with E-state index in [-0.39, 0.29) is 0 Å². The van der Waals surface area contributed by atoms with Crippen LogP contribution in [0.1, 0.15) is 16.8 Å². The van der Waals surface area contributed by atoms with Gasteiger partial charge in [-0.1, -0.05) is 0 Å². The molecule has 96 valence electrons. The highest BCUT2D eigenvalue weighted by Gasteiger charge is 2.15. The van der Waals surface area contributed by atoms with Crippen molar-refractivity contribution in [2.24, 2.45) is 5.73 Å². The molecule has 5 heteroatoms. The first-order valence-corrected chi connectivity index (χ1v) is 6.46. The van der Waals surface area contributed by atoms with Crippen LogP contribution >= 0.6 is 15.9 Å². The molecule has 0 spiro atoms. The summed E-state index contributed by atoms with van der Waals surface area (Å²) in [5, 5.41) is 0. The van der Waals surface area contributed by atoms with Gasteiger partial charge in [-0.2, -0.15) is 0 Å². The third-order valence-electron chi connectivity index (χ3n) is 3.02. The number of hydrogen-bond donors (Lipinski definition) is 2. The number of nitrogens with one attached hydrogen (secondary N) is 1. The first kappa shape index (κ1) is 13.1. The number of aromatic nitrogens is 2. The predicted octanol–water partition coefficient (Wildman–Crippen LogP) is 2.92. The van der Waals surface area contributed by atoms with Gasteiger partial charge in [0.25, 0.3) is 0 Å². The van der Waals surface area contributed by atoms with Gasteiger partial charge in [-0.25, -0.2) is 4.98 Å². The molecular weight excluding hydrogens is 294 g/mol. The maximum atomic E-state index is 5.73. The highest BCUT2D eigenvalue weighted by Crippen LogP contribution is 2.34. The molecule has 0 saturated carbocycles. The van der Waals surface area contributed by atoms with Crippen LogP contribution in [-0.2, 0) is 6.54 Å². The van der Waals surface area contributed by atoms with Gasteiger partial charge in [0, 0.05) is 12.1 Å². The molecule has 1 heterocycles. The lowest BCUT2D eigenvalue weighted by molar-refractivity contribution is 0.416. The van der Waals surface area contributed by atoms with Crippen LogP contribution < -0.4 is 10.5 Å². The van der Waals surface area contributed by atoms with Gasteiger partial charge in [0.2, 0.25) is 0 Å². The molecule has 0 aliphatic heterocycles. The molecule has 3 N–H and O–H groups in total. The molecule has 2 rings (SSSR count). The normalized spacial score (nSPS) is 10.7. The van der Waals surface area contributed by atoms with Crippen LogP contribution in [0, 0.1) is 13.8 Å². The summed E-state index contributed by atoms with van der Waals surface area (Å²) in [6, 6.07) is 4.10. The van der Waals surface area contributed by atoms with Gasteiger partial charge in [-0.05, 0) is 53.0 Å². The summed E-state index contributed by atoms with van der Waals surface area (Å²) in [5.41, 5.74) is 10.8. The van der Waals surface area contributed by atoms with Crippen LogP contribution in [0.4, 0.5) is 0 Å². The fourth-order valence-corrected chi connectivity index (χ4v) is 2.31. The first-order valence-electron chi connectivity index (χ1n) is 5.67. The minimum atomic E-state index is 0.407. The summed E-state index contributed by atoms with van der Waals surface area (Å²) < 4.78 is 6.11. The minimum Gasteiger partial charge on any atom is -0.496 e. The van der Waals surface area contributed by atoms with E-state index >= 15 is 0 Å². The van der Waals surface area contributed by atoms with E-state index in [1.165, 1.54) is 11.1 Å². The number of H-pyrrole nitrogens is 1. The average Bonchev–Trinajstić information content (AvgIpc) is 2.73. The second-order valence-corrected chi connectivity index (χ2v) is 4.95. The number of ether oxygens (including phenoxy) is 1. The van der Waals surface area contributed by atoms with Crippen molar-refractivity contribution in [2.75, 3.05) is 7.11 Å². The zero-order valence-corrected chi connectivity index (χ0v) is 12.3. The van der Waals surface area contributed by atoms with Gasteiger partial charge in [-0.15, -0.1) is 0 Å². The summed E-state index contributed by atoms with van der Waals surface area (Å²) >= 11 is 3.34. The Morgan fingerprint density at radius 2 is 2.00 bits per heavy atom. The number of benzene rings is 1. The monoisotopic (exact) mass is 309 g/mol. The van der Waals surface area contributed by atoms with Crippen molar-refractivity contribution in [1.29, 1.82) is 0 Å². The maximum Gasteiger partial charge on any atom is 0.175 e. The number of imidazole rings is 1. The highest BCUT2D eigenvalue weighted by molar-refractivity contribution is 9.10. The molecule has 0 atom stereocenters. The first-order chi connectivity index (χ1) is 8.56. The van der Waals surface area contributed by atoms with Crippen LogP contribution in [0.5, 0.6) is 5.75 Å². The van der Waals surface area contributed by atoms with Crippen molar-refractivity contribution in [2.45, 2.75) is 20.4 Å². The Balaban J connectivity index is 2.65. The van der Waals surface area contributed by atoms with Crippen LogP contribution in [-0.4, -0.2) is 17.1 Å². The molecule has 0 aliphatic rings. The maximum absolute atomic E-state index is 5.73. The number of aryl methyl sites for hydroxylation is 2. The Hall–Kier alpha value is -1.33. The third-order valence-corrected chi connectivity index (χ3v) is 3.40. The van der Waals surface area contributed by atoms with E-state index in [0.29, 0.717) is 11.3 Å². The van der Waals surface area contributed by atoms with Crippen LogP contribution in [0.3, 0.4) is 0 Å². The number of hydrogen-bond acceptors (Lipinski definition) is 3. The quantitative estimate of drug-likeness (QED) is 0.916. The van der Waals surface area contributed by atoms with E-state index in [4.69, 9.17) is 10.5 Å². The molecule has 0 aliphatic carbocycles. The molecule has 1 aromatic carbocycles. The van der Waals surface area contributed by atoms with E-state index in [2.05, 4.69) is 45.8 Å². The number of nitrogens with zero attached hydrogens (tertiary/aromatic N) is 1. The fourth-order valence-electron chi connectivity index (χ4n) is 1.89. The smallest absolute Gasteiger partial charge is 0.175 e. The topological polar surface area (TPSA) is 63.9 Å². The van der Waals surface area contributed by atoms with Crippen molar-refractivity contribution in [3.8, 4) is 17.0 Å². The average molecular weight is 310 g/mol.